The lowest BCUT2D eigenvalue weighted by molar-refractivity contribution is 0.1000. The number of anilines is 1. The highest BCUT2D eigenvalue weighted by molar-refractivity contribution is 6.33. The summed E-state index contributed by atoms with van der Waals surface area (Å²) in [5.41, 5.74) is 5.80. The minimum Gasteiger partial charge on any atom is -0.366 e. The number of primary amides is 1. The normalized spacial score (nSPS) is 13.1. The molecule has 0 bridgehead atoms. The zero-order valence-corrected chi connectivity index (χ0v) is 12.7. The molecule has 0 fully saturated rings. The molecule has 0 aromatic carbocycles. The van der Waals surface area contributed by atoms with E-state index in [2.05, 4.69) is 38.0 Å². The van der Waals surface area contributed by atoms with Gasteiger partial charge in [-0.15, -0.1) is 0 Å². The quantitative estimate of drug-likeness (QED) is 0.869. The first-order valence-corrected chi connectivity index (χ1v) is 6.79. The molecule has 0 spiro atoms. The van der Waals surface area contributed by atoms with E-state index in [1.165, 1.54) is 12.3 Å². The van der Waals surface area contributed by atoms with Crippen molar-refractivity contribution < 1.29 is 4.79 Å². The van der Waals surface area contributed by atoms with Gasteiger partial charge in [0.25, 0.3) is 0 Å². The summed E-state index contributed by atoms with van der Waals surface area (Å²) >= 11 is 6.07. The highest BCUT2D eigenvalue weighted by Crippen LogP contribution is 2.24. The number of halogens is 1. The number of carbonyl (C=O) groups excluding carboxylic acids is 1. The summed E-state index contributed by atoms with van der Waals surface area (Å²) < 4.78 is 0. The number of nitrogens with two attached hydrogens (primary N) is 1. The molecule has 0 saturated heterocycles. The predicted octanol–water partition coefficient (Wildman–Crippen LogP) is 3.46. The molecule has 3 N–H and O–H groups in total. The fourth-order valence-corrected chi connectivity index (χ4v) is 1.85. The summed E-state index contributed by atoms with van der Waals surface area (Å²) in [6, 6.07) is 1.80. The maximum atomic E-state index is 11.0. The van der Waals surface area contributed by atoms with Crippen molar-refractivity contribution in [2.24, 2.45) is 11.1 Å². The van der Waals surface area contributed by atoms with Gasteiger partial charge in [0.1, 0.15) is 5.82 Å². The standard InChI is InChI=1S/C14H22ClN3O/c1-9(5-6-14(2,3)4)18-13-11(15)7-10(8-17-13)12(16)19/h7-9H,5-6H2,1-4H3,(H2,16,19)(H,17,18). The Morgan fingerprint density at radius 1 is 1.53 bits per heavy atom. The topological polar surface area (TPSA) is 68.0 Å². The van der Waals surface area contributed by atoms with Gasteiger partial charge in [0.05, 0.1) is 10.6 Å². The van der Waals surface area contributed by atoms with Crippen molar-refractivity contribution in [3.8, 4) is 0 Å². The second-order valence-electron chi connectivity index (χ2n) is 6.06. The van der Waals surface area contributed by atoms with Gasteiger partial charge in [-0.05, 0) is 31.2 Å². The minimum atomic E-state index is -0.526. The Bertz CT molecular complexity index is 454. The minimum absolute atomic E-state index is 0.267. The van der Waals surface area contributed by atoms with Crippen molar-refractivity contribution in [1.29, 1.82) is 0 Å². The number of rotatable bonds is 5. The Labute approximate surface area is 119 Å². The van der Waals surface area contributed by atoms with Crippen molar-refractivity contribution in [3.05, 3.63) is 22.8 Å². The molecule has 4 nitrogen and oxygen atoms in total. The van der Waals surface area contributed by atoms with Crippen molar-refractivity contribution in [2.75, 3.05) is 5.32 Å². The predicted molar refractivity (Wildman–Crippen MR) is 79.5 cm³/mol. The van der Waals surface area contributed by atoms with Crippen LogP contribution in [0.4, 0.5) is 5.82 Å². The van der Waals surface area contributed by atoms with Gasteiger partial charge in [-0.25, -0.2) is 4.98 Å². The summed E-state index contributed by atoms with van der Waals surface area (Å²) in [6.07, 6.45) is 3.57. The Morgan fingerprint density at radius 3 is 2.63 bits per heavy atom. The first kappa shape index (κ1) is 15.8. The van der Waals surface area contributed by atoms with Gasteiger partial charge >= 0.3 is 0 Å². The van der Waals surface area contributed by atoms with Crippen LogP contribution in [0.2, 0.25) is 5.02 Å². The Kier molecular flexibility index (Phi) is 5.18. The molecule has 1 heterocycles. The summed E-state index contributed by atoms with van der Waals surface area (Å²) in [5, 5.41) is 3.67. The van der Waals surface area contributed by atoms with Crippen LogP contribution in [0.5, 0.6) is 0 Å². The van der Waals surface area contributed by atoms with Crippen LogP contribution in [0.3, 0.4) is 0 Å². The van der Waals surface area contributed by atoms with Crippen LogP contribution in [-0.4, -0.2) is 16.9 Å². The molecule has 1 atom stereocenters. The Hall–Kier alpha value is -1.29. The van der Waals surface area contributed by atoms with Gasteiger partial charge in [-0.1, -0.05) is 32.4 Å². The van der Waals surface area contributed by atoms with Crippen molar-refractivity contribution in [3.63, 3.8) is 0 Å². The van der Waals surface area contributed by atoms with Crippen LogP contribution in [0.15, 0.2) is 12.3 Å². The zero-order chi connectivity index (χ0) is 14.6. The molecular weight excluding hydrogens is 262 g/mol. The largest absolute Gasteiger partial charge is 0.366 e. The molecule has 0 saturated carbocycles. The lowest BCUT2D eigenvalue weighted by Crippen LogP contribution is -2.19. The van der Waals surface area contributed by atoms with Gasteiger partial charge in [0.15, 0.2) is 0 Å². The zero-order valence-electron chi connectivity index (χ0n) is 12.0. The first-order chi connectivity index (χ1) is 8.69. The van der Waals surface area contributed by atoms with E-state index in [-0.39, 0.29) is 6.04 Å². The van der Waals surface area contributed by atoms with Gasteiger partial charge in [-0.3, -0.25) is 4.79 Å². The SMILES string of the molecule is CC(CCC(C)(C)C)Nc1ncc(C(N)=O)cc1Cl. The third-order valence-corrected chi connectivity index (χ3v) is 3.12. The van der Waals surface area contributed by atoms with Crippen LogP contribution in [0.1, 0.15) is 50.9 Å². The van der Waals surface area contributed by atoms with E-state index >= 15 is 0 Å². The third-order valence-electron chi connectivity index (χ3n) is 2.84. The fraction of sp³-hybridized carbons (Fsp3) is 0.571. The van der Waals surface area contributed by atoms with Crippen LogP contribution in [0.25, 0.3) is 0 Å². The summed E-state index contributed by atoms with van der Waals surface area (Å²) in [4.78, 5) is 15.1. The van der Waals surface area contributed by atoms with Crippen molar-refractivity contribution in [2.45, 2.75) is 46.6 Å². The summed E-state index contributed by atoms with van der Waals surface area (Å²) in [7, 11) is 0. The highest BCUT2D eigenvalue weighted by Gasteiger charge is 2.14. The van der Waals surface area contributed by atoms with E-state index in [0.717, 1.165) is 12.8 Å². The summed E-state index contributed by atoms with van der Waals surface area (Å²) in [5.74, 6) is 0.0646. The van der Waals surface area contributed by atoms with E-state index in [1.807, 2.05) is 0 Å². The molecule has 5 heteroatoms. The molecule has 1 unspecified atom stereocenters. The Morgan fingerprint density at radius 2 is 2.16 bits per heavy atom. The number of carbonyl (C=O) groups is 1. The monoisotopic (exact) mass is 283 g/mol. The molecule has 0 radical (unpaired) electrons. The highest BCUT2D eigenvalue weighted by atomic mass is 35.5. The van der Waals surface area contributed by atoms with Crippen molar-refractivity contribution in [1.82, 2.24) is 4.98 Å². The maximum absolute atomic E-state index is 11.0. The van der Waals surface area contributed by atoms with E-state index in [0.29, 0.717) is 21.8 Å². The molecule has 0 aliphatic carbocycles. The van der Waals surface area contributed by atoms with Crippen molar-refractivity contribution >= 4 is 23.3 Å². The lowest BCUT2D eigenvalue weighted by atomic mass is 9.89. The number of pyridine rings is 1. The molecular formula is C14H22ClN3O. The van der Waals surface area contributed by atoms with Crippen LogP contribution >= 0.6 is 11.6 Å². The maximum Gasteiger partial charge on any atom is 0.250 e. The Balaban J connectivity index is 2.64. The number of nitrogens with one attached hydrogen (secondary N) is 1. The average molecular weight is 284 g/mol. The molecule has 0 aliphatic rings. The smallest absolute Gasteiger partial charge is 0.250 e. The van der Waals surface area contributed by atoms with Gasteiger partial charge in [0.2, 0.25) is 5.91 Å². The van der Waals surface area contributed by atoms with E-state index in [9.17, 15) is 4.79 Å². The van der Waals surface area contributed by atoms with Gasteiger partial charge in [0, 0.05) is 12.2 Å². The third kappa shape index (κ3) is 5.47. The molecule has 1 aromatic heterocycles. The molecule has 106 valence electrons. The number of hydrogen-bond acceptors (Lipinski definition) is 3. The van der Waals surface area contributed by atoms with Crippen LogP contribution in [0, 0.1) is 5.41 Å². The molecule has 1 amide bonds. The van der Waals surface area contributed by atoms with E-state index in [4.69, 9.17) is 17.3 Å². The second-order valence-corrected chi connectivity index (χ2v) is 6.47. The molecule has 1 rings (SSSR count). The molecule has 1 aromatic rings. The summed E-state index contributed by atoms with van der Waals surface area (Å²) in [6.45, 7) is 8.73. The molecule has 19 heavy (non-hydrogen) atoms. The van der Waals surface area contributed by atoms with Crippen LogP contribution < -0.4 is 11.1 Å². The number of hydrogen-bond donors (Lipinski definition) is 2. The van der Waals surface area contributed by atoms with E-state index < -0.39 is 5.91 Å². The fourth-order valence-electron chi connectivity index (χ4n) is 1.63. The number of aromatic nitrogens is 1. The first-order valence-electron chi connectivity index (χ1n) is 6.41. The number of nitrogens with zero attached hydrogens (tertiary/aromatic N) is 1. The van der Waals surface area contributed by atoms with Gasteiger partial charge in [-0.2, -0.15) is 0 Å². The molecule has 0 aliphatic heterocycles. The van der Waals surface area contributed by atoms with E-state index in [1.54, 1.807) is 0 Å². The number of amides is 1. The van der Waals surface area contributed by atoms with Gasteiger partial charge < -0.3 is 11.1 Å². The average Bonchev–Trinajstić information content (AvgIpc) is 2.28. The second kappa shape index (κ2) is 6.24. The van der Waals surface area contributed by atoms with Crippen LogP contribution in [-0.2, 0) is 0 Å². The lowest BCUT2D eigenvalue weighted by Gasteiger charge is -2.22.